The smallest absolute Gasteiger partial charge is 0.320 e. The van der Waals surface area contributed by atoms with Crippen molar-refractivity contribution < 1.29 is 19.6 Å². The van der Waals surface area contributed by atoms with Crippen LogP contribution in [0.15, 0.2) is 42.5 Å². The molecule has 0 aliphatic carbocycles. The van der Waals surface area contributed by atoms with Crippen molar-refractivity contribution in [2.75, 3.05) is 0 Å². The van der Waals surface area contributed by atoms with Gasteiger partial charge in [-0.25, -0.2) is 0 Å². The molecule has 0 saturated heterocycles. The second kappa shape index (κ2) is 9.89. The largest absolute Gasteiger partial charge is 0.480 e. The number of para-hydroxylation sites is 1. The molecule has 2 aromatic rings. The minimum atomic E-state index is -0.934. The lowest BCUT2D eigenvalue weighted by molar-refractivity contribution is -0.385. The van der Waals surface area contributed by atoms with E-state index in [2.05, 4.69) is 5.32 Å². The van der Waals surface area contributed by atoms with Crippen molar-refractivity contribution in [1.82, 2.24) is 5.32 Å². The van der Waals surface area contributed by atoms with Crippen molar-refractivity contribution >= 4 is 23.3 Å². The number of nitro groups is 1. The molecule has 2 N–H and O–H groups in total. The summed E-state index contributed by atoms with van der Waals surface area (Å²) in [6.45, 7) is 2.19. The molecule has 0 radical (unpaired) electrons. The third kappa shape index (κ3) is 5.94. The summed E-state index contributed by atoms with van der Waals surface area (Å²) in [5.41, 5.74) is 0.380. The van der Waals surface area contributed by atoms with E-state index < -0.39 is 16.9 Å². The highest BCUT2D eigenvalue weighted by molar-refractivity contribution is 6.32. The molecule has 0 aliphatic rings. The molecule has 2 aromatic carbocycles. The number of nitro benzene ring substituents is 1. The van der Waals surface area contributed by atoms with Gasteiger partial charge < -0.3 is 15.2 Å². The average Bonchev–Trinajstić information content (AvgIpc) is 2.64. The van der Waals surface area contributed by atoms with Gasteiger partial charge in [0.2, 0.25) is 5.75 Å². The van der Waals surface area contributed by atoms with Crippen molar-refractivity contribution in [1.29, 1.82) is 0 Å². The molecule has 7 nitrogen and oxygen atoms in total. The number of carboxylic acids is 1. The Labute approximate surface area is 162 Å². The highest BCUT2D eigenvalue weighted by Gasteiger charge is 2.20. The normalized spacial score (nSPS) is 11.8. The van der Waals surface area contributed by atoms with Crippen LogP contribution in [-0.4, -0.2) is 22.0 Å². The van der Waals surface area contributed by atoms with Crippen LogP contribution < -0.4 is 10.1 Å². The maximum Gasteiger partial charge on any atom is 0.320 e. The number of hydrogen-bond acceptors (Lipinski definition) is 5. The first-order valence-electron chi connectivity index (χ1n) is 8.58. The fourth-order valence-electron chi connectivity index (χ4n) is 2.51. The maximum atomic E-state index is 11.4. The zero-order valence-electron chi connectivity index (χ0n) is 14.9. The van der Waals surface area contributed by atoms with Gasteiger partial charge in [-0.3, -0.25) is 14.9 Å². The Balaban J connectivity index is 2.16. The van der Waals surface area contributed by atoms with Crippen LogP contribution >= 0.6 is 11.6 Å². The topological polar surface area (TPSA) is 102 Å². The van der Waals surface area contributed by atoms with Gasteiger partial charge in [-0.05, 0) is 30.2 Å². The molecule has 0 spiro atoms. The quantitative estimate of drug-likeness (QED) is 0.446. The number of halogens is 1. The van der Waals surface area contributed by atoms with Crippen molar-refractivity contribution in [2.45, 2.75) is 38.8 Å². The molecule has 0 heterocycles. The molecule has 0 amide bonds. The molecular weight excluding hydrogens is 372 g/mol. The lowest BCUT2D eigenvalue weighted by Crippen LogP contribution is -2.36. The van der Waals surface area contributed by atoms with Crippen LogP contribution in [0.2, 0.25) is 5.02 Å². The van der Waals surface area contributed by atoms with Gasteiger partial charge in [0.1, 0.15) is 11.8 Å². The predicted octanol–water partition coefficient (Wildman–Crippen LogP) is 4.77. The fourth-order valence-corrected chi connectivity index (χ4v) is 2.68. The van der Waals surface area contributed by atoms with Crippen molar-refractivity contribution in [3.63, 3.8) is 0 Å². The zero-order chi connectivity index (χ0) is 19.8. The van der Waals surface area contributed by atoms with Gasteiger partial charge in [0, 0.05) is 12.6 Å². The number of nitrogens with one attached hydrogen (secondary N) is 1. The lowest BCUT2D eigenvalue weighted by atomic mass is 10.1. The molecule has 1 atom stereocenters. The molecule has 27 heavy (non-hydrogen) atoms. The summed E-state index contributed by atoms with van der Waals surface area (Å²) >= 11 is 6.03. The third-order valence-corrected chi connectivity index (χ3v) is 4.29. The maximum absolute atomic E-state index is 11.4. The molecule has 1 unspecified atom stereocenters. The molecule has 0 aromatic heterocycles. The van der Waals surface area contributed by atoms with Crippen LogP contribution in [0.5, 0.6) is 11.5 Å². The number of benzene rings is 2. The summed E-state index contributed by atoms with van der Waals surface area (Å²) in [5, 5.41) is 23.9. The van der Waals surface area contributed by atoms with E-state index in [0.29, 0.717) is 22.8 Å². The molecular formula is C19H21ClN2O5. The molecule has 8 heteroatoms. The van der Waals surface area contributed by atoms with E-state index >= 15 is 0 Å². The number of hydrogen-bond donors (Lipinski definition) is 2. The first kappa shape index (κ1) is 20.7. The summed E-state index contributed by atoms with van der Waals surface area (Å²) in [6, 6.07) is 10.5. The zero-order valence-corrected chi connectivity index (χ0v) is 15.6. The van der Waals surface area contributed by atoms with Gasteiger partial charge in [0.25, 0.3) is 0 Å². The van der Waals surface area contributed by atoms with Crippen molar-refractivity contribution in [2.24, 2.45) is 0 Å². The van der Waals surface area contributed by atoms with Gasteiger partial charge >= 0.3 is 11.7 Å². The van der Waals surface area contributed by atoms with Crippen LogP contribution in [0.1, 0.15) is 31.7 Å². The van der Waals surface area contributed by atoms with Crippen molar-refractivity contribution in [3.8, 4) is 11.5 Å². The summed E-state index contributed by atoms with van der Waals surface area (Å²) < 4.78 is 5.59. The molecule has 0 aliphatic heterocycles. The number of carboxylic acid groups (broad SMARTS) is 1. The molecule has 144 valence electrons. The minimum Gasteiger partial charge on any atom is -0.480 e. The first-order valence-corrected chi connectivity index (χ1v) is 8.96. The number of carbonyl (C=O) groups is 1. The van der Waals surface area contributed by atoms with Gasteiger partial charge in [0.15, 0.2) is 0 Å². The lowest BCUT2D eigenvalue weighted by Gasteiger charge is -2.14. The number of aliphatic carboxylic acids is 1. The minimum absolute atomic E-state index is 0.0672. The first-order chi connectivity index (χ1) is 12.9. The second-order valence-corrected chi connectivity index (χ2v) is 6.41. The van der Waals surface area contributed by atoms with Crippen LogP contribution in [0.3, 0.4) is 0 Å². The number of unbranched alkanes of at least 4 members (excludes halogenated alkanes) is 1. The highest BCUT2D eigenvalue weighted by Crippen LogP contribution is 2.35. The van der Waals surface area contributed by atoms with Crippen LogP contribution in [0, 0.1) is 10.1 Å². The summed E-state index contributed by atoms with van der Waals surface area (Å²) in [7, 11) is 0. The second-order valence-electron chi connectivity index (χ2n) is 6.01. The van der Waals surface area contributed by atoms with E-state index in [-0.39, 0.29) is 18.0 Å². The average molecular weight is 393 g/mol. The Morgan fingerprint density at radius 3 is 2.67 bits per heavy atom. The molecule has 0 bridgehead atoms. The summed E-state index contributed by atoms with van der Waals surface area (Å²) in [5.74, 6) is -0.548. The van der Waals surface area contributed by atoms with Crippen LogP contribution in [-0.2, 0) is 11.3 Å². The molecule has 2 rings (SSSR count). The van der Waals surface area contributed by atoms with E-state index in [1.807, 2.05) is 6.92 Å². The van der Waals surface area contributed by atoms with E-state index in [4.69, 9.17) is 16.3 Å². The van der Waals surface area contributed by atoms with Gasteiger partial charge in [-0.1, -0.05) is 49.6 Å². The fraction of sp³-hybridized carbons (Fsp3) is 0.316. The Kier molecular flexibility index (Phi) is 7.57. The van der Waals surface area contributed by atoms with Crippen LogP contribution in [0.4, 0.5) is 5.69 Å². The summed E-state index contributed by atoms with van der Waals surface area (Å²) in [6.07, 6.45) is 2.18. The van der Waals surface area contributed by atoms with Gasteiger partial charge in [-0.2, -0.15) is 0 Å². The number of nitrogens with zero attached hydrogens (tertiary/aromatic N) is 1. The number of ether oxygens (including phenoxy) is 1. The van der Waals surface area contributed by atoms with Crippen LogP contribution in [0.25, 0.3) is 0 Å². The Bertz CT molecular complexity index is 812. The van der Waals surface area contributed by atoms with E-state index in [9.17, 15) is 20.0 Å². The van der Waals surface area contributed by atoms with E-state index in [1.54, 1.807) is 30.3 Å². The summed E-state index contributed by atoms with van der Waals surface area (Å²) in [4.78, 5) is 22.2. The van der Waals surface area contributed by atoms with Gasteiger partial charge in [0.05, 0.1) is 9.95 Å². The highest BCUT2D eigenvalue weighted by atomic mass is 35.5. The molecule has 0 fully saturated rings. The Hall–Kier alpha value is -2.64. The van der Waals surface area contributed by atoms with E-state index in [1.165, 1.54) is 12.1 Å². The number of rotatable bonds is 10. The van der Waals surface area contributed by atoms with Crippen molar-refractivity contribution in [3.05, 3.63) is 63.2 Å². The molecule has 0 saturated carbocycles. The predicted molar refractivity (Wildman–Crippen MR) is 102 cm³/mol. The Morgan fingerprint density at radius 2 is 2.04 bits per heavy atom. The SMILES string of the molecule is CCCCC(NCc1ccc(Oc2ccccc2Cl)c([N+](=O)[O-])c1)C(=O)O. The van der Waals surface area contributed by atoms with Gasteiger partial charge in [-0.15, -0.1) is 0 Å². The standard InChI is InChI=1S/C19H21ClN2O5/c1-2-3-7-15(19(23)24)21-12-13-9-10-18(16(11-13)22(25)26)27-17-8-5-4-6-14(17)20/h4-6,8-11,15,21H,2-3,7,12H2,1H3,(H,23,24). The van der Waals surface area contributed by atoms with E-state index in [0.717, 1.165) is 12.8 Å². The monoisotopic (exact) mass is 392 g/mol. The Morgan fingerprint density at radius 1 is 1.30 bits per heavy atom. The third-order valence-electron chi connectivity index (χ3n) is 3.97.